The van der Waals surface area contributed by atoms with Crippen molar-refractivity contribution in [2.75, 3.05) is 5.32 Å². The van der Waals surface area contributed by atoms with Gasteiger partial charge in [0.25, 0.3) is 0 Å². The minimum atomic E-state index is -0.410. The molecule has 2 aromatic rings. The number of anilines is 2. The fourth-order valence-electron chi connectivity index (χ4n) is 1.42. The number of rotatable bonds is 3. The third-order valence-electron chi connectivity index (χ3n) is 2.25. The molecule has 0 bridgehead atoms. The van der Waals surface area contributed by atoms with Gasteiger partial charge < -0.3 is 5.32 Å². The van der Waals surface area contributed by atoms with E-state index in [1.807, 2.05) is 6.92 Å². The number of aryl methyl sites for hydroxylation is 1. The van der Waals surface area contributed by atoms with E-state index in [1.54, 1.807) is 0 Å². The van der Waals surface area contributed by atoms with Crippen molar-refractivity contribution in [1.29, 1.82) is 0 Å². The number of hydrogen-bond acceptors (Lipinski definition) is 3. The summed E-state index contributed by atoms with van der Waals surface area (Å²) >= 11 is 11.7. The second kappa shape index (κ2) is 5.50. The molecule has 1 N–H and O–H groups in total. The topological polar surface area (TPSA) is 37.8 Å². The third kappa shape index (κ3) is 3.09. The Labute approximate surface area is 114 Å². The number of aromatic nitrogens is 2. The maximum absolute atomic E-state index is 13.5. The van der Waals surface area contributed by atoms with Gasteiger partial charge in [0.05, 0.1) is 5.69 Å². The first-order valence-corrected chi connectivity index (χ1v) is 6.09. The molecule has 94 valence electrons. The van der Waals surface area contributed by atoms with E-state index in [4.69, 9.17) is 23.2 Å². The molecular weight excluding hydrogens is 276 g/mol. The average Bonchev–Trinajstić information content (AvgIpc) is 2.33. The Morgan fingerprint density at radius 3 is 2.72 bits per heavy atom. The van der Waals surface area contributed by atoms with Gasteiger partial charge >= 0.3 is 0 Å². The molecule has 0 saturated heterocycles. The van der Waals surface area contributed by atoms with Gasteiger partial charge in [-0.1, -0.05) is 30.1 Å². The van der Waals surface area contributed by atoms with Gasteiger partial charge in [-0.05, 0) is 18.2 Å². The summed E-state index contributed by atoms with van der Waals surface area (Å²) in [5, 5.41) is 3.59. The maximum atomic E-state index is 13.5. The molecule has 1 aromatic carbocycles. The van der Waals surface area contributed by atoms with Crippen LogP contribution in [-0.4, -0.2) is 9.97 Å². The number of nitrogens with zero attached hydrogens (tertiary/aromatic N) is 2. The Morgan fingerprint density at radius 1 is 1.22 bits per heavy atom. The molecular formula is C12H10Cl2FN3. The minimum Gasteiger partial charge on any atom is -0.338 e. The fourth-order valence-corrected chi connectivity index (χ4v) is 1.79. The van der Waals surface area contributed by atoms with Crippen LogP contribution in [0.1, 0.15) is 12.7 Å². The molecule has 0 aliphatic heterocycles. The molecule has 0 spiro atoms. The van der Waals surface area contributed by atoms with Crippen molar-refractivity contribution in [2.24, 2.45) is 0 Å². The van der Waals surface area contributed by atoms with Crippen molar-refractivity contribution >= 4 is 34.7 Å². The highest BCUT2D eigenvalue weighted by Gasteiger charge is 2.06. The highest BCUT2D eigenvalue weighted by Crippen LogP contribution is 2.23. The van der Waals surface area contributed by atoms with Gasteiger partial charge in [0.2, 0.25) is 0 Å². The van der Waals surface area contributed by atoms with Crippen LogP contribution in [0.25, 0.3) is 0 Å². The number of nitrogens with one attached hydrogen (secondary N) is 1. The standard InChI is InChI=1S/C12H10Cl2FN3/c1-2-11-17-10(14)6-12(18-11)16-9-5-7(13)3-4-8(9)15/h3-6H,2H2,1H3,(H,16,17,18). The van der Waals surface area contributed by atoms with Gasteiger partial charge in [-0.3, -0.25) is 0 Å². The molecule has 0 saturated carbocycles. The van der Waals surface area contributed by atoms with Gasteiger partial charge in [0.1, 0.15) is 22.6 Å². The van der Waals surface area contributed by atoms with Crippen molar-refractivity contribution < 1.29 is 4.39 Å². The Morgan fingerprint density at radius 2 is 2.00 bits per heavy atom. The number of halogens is 3. The van der Waals surface area contributed by atoms with Gasteiger partial charge in [0, 0.05) is 17.5 Å². The van der Waals surface area contributed by atoms with Gasteiger partial charge in [-0.15, -0.1) is 0 Å². The summed E-state index contributed by atoms with van der Waals surface area (Å²) in [6, 6.07) is 5.78. The monoisotopic (exact) mass is 285 g/mol. The SMILES string of the molecule is CCc1nc(Cl)cc(Nc2cc(Cl)ccc2F)n1. The lowest BCUT2D eigenvalue weighted by molar-refractivity contribution is 0.632. The van der Waals surface area contributed by atoms with Crippen LogP contribution >= 0.6 is 23.2 Å². The van der Waals surface area contributed by atoms with E-state index in [9.17, 15) is 4.39 Å². The minimum absolute atomic E-state index is 0.249. The zero-order chi connectivity index (χ0) is 13.1. The Hall–Kier alpha value is -1.39. The van der Waals surface area contributed by atoms with E-state index >= 15 is 0 Å². The average molecular weight is 286 g/mol. The quantitative estimate of drug-likeness (QED) is 0.858. The van der Waals surface area contributed by atoms with Crippen molar-refractivity contribution in [3.05, 3.63) is 46.1 Å². The van der Waals surface area contributed by atoms with Crippen LogP contribution in [-0.2, 0) is 6.42 Å². The zero-order valence-electron chi connectivity index (χ0n) is 9.54. The summed E-state index contributed by atoms with van der Waals surface area (Å²) in [5.41, 5.74) is 0.249. The lowest BCUT2D eigenvalue weighted by Gasteiger charge is -2.08. The first-order chi connectivity index (χ1) is 8.58. The van der Waals surface area contributed by atoms with E-state index in [-0.39, 0.29) is 5.69 Å². The zero-order valence-corrected chi connectivity index (χ0v) is 11.1. The summed E-state index contributed by atoms with van der Waals surface area (Å²) in [7, 11) is 0. The molecule has 3 nitrogen and oxygen atoms in total. The lowest BCUT2D eigenvalue weighted by Crippen LogP contribution is -2.01. The highest BCUT2D eigenvalue weighted by atomic mass is 35.5. The fraction of sp³-hybridized carbons (Fsp3) is 0.167. The molecule has 0 unspecified atom stereocenters. The van der Waals surface area contributed by atoms with E-state index in [2.05, 4.69) is 15.3 Å². The van der Waals surface area contributed by atoms with Gasteiger partial charge in [0.15, 0.2) is 0 Å². The summed E-state index contributed by atoms with van der Waals surface area (Å²) in [6.07, 6.45) is 0.646. The van der Waals surface area contributed by atoms with Crippen molar-refractivity contribution in [3.63, 3.8) is 0 Å². The van der Waals surface area contributed by atoms with Crippen molar-refractivity contribution in [1.82, 2.24) is 9.97 Å². The number of benzene rings is 1. The summed E-state index contributed by atoms with van der Waals surface area (Å²) in [6.45, 7) is 1.91. The first kappa shape index (κ1) is 13.1. The van der Waals surface area contributed by atoms with Crippen LogP contribution in [0.4, 0.5) is 15.9 Å². The molecule has 0 radical (unpaired) electrons. The normalized spacial score (nSPS) is 10.4. The molecule has 18 heavy (non-hydrogen) atoms. The molecule has 0 atom stereocenters. The smallest absolute Gasteiger partial charge is 0.146 e. The van der Waals surface area contributed by atoms with E-state index < -0.39 is 5.82 Å². The van der Waals surface area contributed by atoms with Gasteiger partial charge in [-0.25, -0.2) is 14.4 Å². The Balaban J connectivity index is 2.33. The lowest BCUT2D eigenvalue weighted by atomic mass is 10.3. The highest BCUT2D eigenvalue weighted by molar-refractivity contribution is 6.31. The van der Waals surface area contributed by atoms with Crippen molar-refractivity contribution in [2.45, 2.75) is 13.3 Å². The van der Waals surface area contributed by atoms with E-state index in [0.29, 0.717) is 28.2 Å². The molecule has 2 rings (SSSR count). The second-order valence-electron chi connectivity index (χ2n) is 3.59. The number of hydrogen-bond donors (Lipinski definition) is 1. The van der Waals surface area contributed by atoms with E-state index in [0.717, 1.165) is 0 Å². The van der Waals surface area contributed by atoms with E-state index in [1.165, 1.54) is 24.3 Å². The van der Waals surface area contributed by atoms with Crippen LogP contribution in [0, 0.1) is 5.82 Å². The summed E-state index contributed by atoms with van der Waals surface area (Å²) in [5.74, 6) is 0.618. The largest absolute Gasteiger partial charge is 0.338 e. The molecule has 0 aliphatic rings. The second-order valence-corrected chi connectivity index (χ2v) is 4.42. The molecule has 0 amide bonds. The van der Waals surface area contributed by atoms with Gasteiger partial charge in [-0.2, -0.15) is 0 Å². The molecule has 0 aliphatic carbocycles. The molecule has 0 fully saturated rings. The van der Waals surface area contributed by atoms with Crippen LogP contribution in [0.15, 0.2) is 24.3 Å². The van der Waals surface area contributed by atoms with Crippen LogP contribution < -0.4 is 5.32 Å². The Bertz CT molecular complexity index is 575. The summed E-state index contributed by atoms with van der Waals surface area (Å²) < 4.78 is 13.5. The molecule has 6 heteroatoms. The first-order valence-electron chi connectivity index (χ1n) is 5.34. The molecule has 1 heterocycles. The maximum Gasteiger partial charge on any atom is 0.146 e. The van der Waals surface area contributed by atoms with Crippen LogP contribution in [0.5, 0.6) is 0 Å². The van der Waals surface area contributed by atoms with Crippen LogP contribution in [0.3, 0.4) is 0 Å². The third-order valence-corrected chi connectivity index (χ3v) is 2.68. The summed E-state index contributed by atoms with van der Waals surface area (Å²) in [4.78, 5) is 8.23. The molecule has 1 aromatic heterocycles. The van der Waals surface area contributed by atoms with Crippen LogP contribution in [0.2, 0.25) is 10.2 Å². The van der Waals surface area contributed by atoms with Crippen molar-refractivity contribution in [3.8, 4) is 0 Å². The predicted molar refractivity (Wildman–Crippen MR) is 71.1 cm³/mol. The Kier molecular flexibility index (Phi) is 3.99. The predicted octanol–water partition coefficient (Wildman–Crippen LogP) is 4.23.